The Labute approximate surface area is 291 Å². The van der Waals surface area contributed by atoms with Gasteiger partial charge in [-0.2, -0.15) is 4.72 Å². The number of hydrogen-bond donors (Lipinski definition) is 3. The Morgan fingerprint density at radius 3 is 2.26 bits per heavy atom. The second kappa shape index (κ2) is 13.5. The average molecular weight is 689 g/mol. The van der Waals surface area contributed by atoms with E-state index in [-0.39, 0.29) is 17.6 Å². The predicted octanol–water partition coefficient (Wildman–Crippen LogP) is 5.72. The molecule has 1 atom stereocenters. The number of esters is 1. The number of epoxide rings is 1. The van der Waals surface area contributed by atoms with Crippen LogP contribution in [0.5, 0.6) is 0 Å². The van der Waals surface area contributed by atoms with Crippen molar-refractivity contribution >= 4 is 44.0 Å². The van der Waals surface area contributed by atoms with Gasteiger partial charge in [-0.15, -0.1) is 0 Å². The summed E-state index contributed by atoms with van der Waals surface area (Å²) in [5, 5.41) is 5.10. The molecule has 9 nitrogen and oxygen atoms in total. The number of anilines is 2. The first kappa shape index (κ1) is 33.2. The van der Waals surface area contributed by atoms with Crippen molar-refractivity contribution in [3.05, 3.63) is 125 Å². The number of carbonyl (C=O) groups excluding carboxylic acids is 1. The maximum Gasteiger partial charge on any atom is 0.321 e. The molecule has 3 N–H and O–H groups in total. The Balaban J connectivity index is 1.38. The van der Waals surface area contributed by atoms with Crippen molar-refractivity contribution in [2.24, 2.45) is 0 Å². The number of benzene rings is 5. The third-order valence-corrected chi connectivity index (χ3v) is 10.4. The zero-order valence-corrected chi connectivity index (χ0v) is 29.1. The van der Waals surface area contributed by atoms with E-state index in [2.05, 4.69) is 67.0 Å². The number of rotatable bonds is 10. The van der Waals surface area contributed by atoms with Crippen LogP contribution in [0.1, 0.15) is 22.3 Å². The van der Waals surface area contributed by atoms with Gasteiger partial charge in [-0.1, -0.05) is 54.6 Å². The molecule has 7 rings (SSSR count). The van der Waals surface area contributed by atoms with Gasteiger partial charge in [0.05, 0.1) is 17.6 Å². The zero-order chi connectivity index (χ0) is 35.0. The monoisotopic (exact) mass is 688 g/mol. The smallest absolute Gasteiger partial charge is 0.321 e. The van der Waals surface area contributed by atoms with Crippen LogP contribution >= 0.6 is 0 Å². The lowest BCUT2D eigenvalue weighted by molar-refractivity contribution is -0.403. The molecule has 0 saturated carbocycles. The maximum atomic E-state index is 13.8. The van der Waals surface area contributed by atoms with Gasteiger partial charge in [-0.25, -0.2) is 13.4 Å². The molecule has 1 aliphatic carbocycles. The molecule has 10 heteroatoms. The molecule has 50 heavy (non-hydrogen) atoms. The lowest BCUT2D eigenvalue weighted by atomic mass is 9.93. The van der Waals surface area contributed by atoms with E-state index in [1.807, 2.05) is 48.5 Å². The lowest BCUT2D eigenvalue weighted by Crippen LogP contribution is -2.71. The normalized spacial score (nSPS) is 14.6. The number of ether oxygens (including phenoxy) is 2. The van der Waals surface area contributed by atoms with E-state index in [0.29, 0.717) is 29.1 Å². The molecule has 0 aromatic heterocycles. The van der Waals surface area contributed by atoms with Gasteiger partial charge in [0, 0.05) is 56.7 Å². The van der Waals surface area contributed by atoms with E-state index in [0.717, 1.165) is 55.6 Å². The number of hydrogen-bond acceptors (Lipinski definition) is 7. The molecular formula is C40H38N3O6S+. The van der Waals surface area contributed by atoms with Crippen LogP contribution in [0.3, 0.4) is 0 Å². The Hall–Kier alpha value is -5.29. The standard InChI is InChI=1S/C40H37N3O6S/c1-24-9-7-10-25(2)39(24)42-28-15-17-31-34(19-28)49-35-20-29(43-40-26(3)11-8-12-27(40)4)16-18-32(35)38(31)33-13-5-6-14-36(33)50(45,46)41-21-37(44)48-23-30-22-47-30/h5-20,30,41-42H,21-23H2,1-4H3/p+1. The van der Waals surface area contributed by atoms with Crippen molar-refractivity contribution in [1.29, 1.82) is 0 Å². The summed E-state index contributed by atoms with van der Waals surface area (Å²) in [5.74, 6) is -0.109. The topological polar surface area (TPSA) is 124 Å². The van der Waals surface area contributed by atoms with Crippen LogP contribution in [0.15, 0.2) is 106 Å². The molecule has 0 bridgehead atoms. The first-order valence-electron chi connectivity index (χ1n) is 16.4. The van der Waals surface area contributed by atoms with Crippen molar-refractivity contribution in [3.8, 4) is 22.5 Å². The minimum absolute atomic E-state index is 0.0302. The average Bonchev–Trinajstić information content (AvgIpc) is 3.93. The van der Waals surface area contributed by atoms with Crippen molar-refractivity contribution in [1.82, 2.24) is 4.72 Å². The van der Waals surface area contributed by atoms with Crippen molar-refractivity contribution in [2.75, 3.05) is 25.1 Å². The highest BCUT2D eigenvalue weighted by atomic mass is 32.2. The van der Waals surface area contributed by atoms with E-state index in [4.69, 9.17) is 13.9 Å². The fourth-order valence-corrected chi connectivity index (χ4v) is 7.37. The SMILES string of the molecule is Cc1cccc(C)c1Nc1ccc2c(-c3ccccc3S(=O)(=O)NCC(=O)OCC3CO3)c3ccc(=[NH+]c4c(C)cccc4C)cc-3oc2c1. The highest BCUT2D eigenvalue weighted by Crippen LogP contribution is 2.43. The molecule has 1 unspecified atom stereocenters. The largest absolute Gasteiger partial charge is 0.462 e. The van der Waals surface area contributed by atoms with Gasteiger partial charge in [0.2, 0.25) is 21.1 Å². The quantitative estimate of drug-likeness (QED) is 0.0957. The molecule has 3 aliphatic rings. The van der Waals surface area contributed by atoms with Gasteiger partial charge in [-0.05, 0) is 63.1 Å². The fourth-order valence-electron chi connectivity index (χ4n) is 6.19. The van der Waals surface area contributed by atoms with Gasteiger partial charge in [0.1, 0.15) is 30.6 Å². The zero-order valence-electron chi connectivity index (χ0n) is 28.3. The van der Waals surface area contributed by atoms with E-state index in [1.54, 1.807) is 18.2 Å². The Bertz CT molecular complexity index is 2370. The number of fused-ring (bicyclic) bond motifs is 2. The van der Waals surface area contributed by atoms with E-state index in [9.17, 15) is 13.2 Å². The van der Waals surface area contributed by atoms with Gasteiger partial charge < -0.3 is 19.2 Å². The van der Waals surface area contributed by atoms with Crippen molar-refractivity contribution < 1.29 is 32.1 Å². The van der Waals surface area contributed by atoms with Gasteiger partial charge in [0.15, 0.2) is 0 Å². The molecule has 2 heterocycles. The third kappa shape index (κ3) is 6.91. The molecular weight excluding hydrogens is 651 g/mol. The highest BCUT2D eigenvalue weighted by molar-refractivity contribution is 7.89. The number of aryl methyl sites for hydroxylation is 4. The van der Waals surface area contributed by atoms with Gasteiger partial charge in [-0.3, -0.25) is 4.79 Å². The molecule has 0 amide bonds. The van der Waals surface area contributed by atoms with Gasteiger partial charge >= 0.3 is 5.97 Å². The molecule has 2 aliphatic heterocycles. The van der Waals surface area contributed by atoms with Crippen LogP contribution in [-0.4, -0.2) is 40.2 Å². The Morgan fingerprint density at radius 1 is 0.840 bits per heavy atom. The first-order valence-corrected chi connectivity index (χ1v) is 17.9. The molecule has 0 radical (unpaired) electrons. The molecule has 4 aromatic carbocycles. The van der Waals surface area contributed by atoms with Crippen LogP contribution in [0.4, 0.5) is 17.1 Å². The Kier molecular flexibility index (Phi) is 9.00. The summed E-state index contributed by atoms with van der Waals surface area (Å²) in [6, 6.07) is 30.8. The number of para-hydroxylation sites is 2. The number of nitrogens with one attached hydrogen (secondary N) is 3. The van der Waals surface area contributed by atoms with Gasteiger partial charge in [0.25, 0.3) is 0 Å². The number of carbonyl (C=O) groups is 1. The predicted molar refractivity (Wildman–Crippen MR) is 193 cm³/mol. The highest BCUT2D eigenvalue weighted by Gasteiger charge is 2.27. The molecule has 4 aromatic rings. The van der Waals surface area contributed by atoms with E-state index < -0.39 is 22.5 Å². The summed E-state index contributed by atoms with van der Waals surface area (Å²) in [6.45, 7) is 8.36. The van der Waals surface area contributed by atoms with Crippen LogP contribution in [0.2, 0.25) is 0 Å². The molecule has 1 saturated heterocycles. The lowest BCUT2D eigenvalue weighted by Gasteiger charge is -2.19. The second-order valence-electron chi connectivity index (χ2n) is 12.6. The summed E-state index contributed by atoms with van der Waals surface area (Å²) in [6.07, 6.45) is -0.116. The molecule has 254 valence electrons. The third-order valence-electron chi connectivity index (χ3n) is 8.91. The van der Waals surface area contributed by atoms with Crippen LogP contribution in [0, 0.1) is 27.7 Å². The minimum atomic E-state index is -4.15. The summed E-state index contributed by atoms with van der Waals surface area (Å²) in [4.78, 5) is 15.9. The molecule has 1 fully saturated rings. The number of sulfonamides is 1. The Morgan fingerprint density at radius 2 is 1.54 bits per heavy atom. The summed E-state index contributed by atoms with van der Waals surface area (Å²) in [5.41, 5.74) is 9.75. The molecule has 0 spiro atoms. The maximum absolute atomic E-state index is 13.8. The fraction of sp³-hybridized carbons (Fsp3) is 0.200. The van der Waals surface area contributed by atoms with Crippen LogP contribution in [0.25, 0.3) is 33.4 Å². The first-order chi connectivity index (χ1) is 24.1. The summed E-state index contributed by atoms with van der Waals surface area (Å²) in [7, 11) is -4.15. The summed E-state index contributed by atoms with van der Waals surface area (Å²) < 4.78 is 46.9. The van der Waals surface area contributed by atoms with E-state index >= 15 is 0 Å². The van der Waals surface area contributed by atoms with Crippen LogP contribution < -0.4 is 20.4 Å². The van der Waals surface area contributed by atoms with E-state index in [1.165, 1.54) is 6.07 Å². The second-order valence-corrected chi connectivity index (χ2v) is 14.4. The van der Waals surface area contributed by atoms with Crippen molar-refractivity contribution in [2.45, 2.75) is 38.7 Å². The van der Waals surface area contributed by atoms with Crippen LogP contribution in [-0.2, 0) is 24.3 Å². The summed E-state index contributed by atoms with van der Waals surface area (Å²) >= 11 is 0. The minimum Gasteiger partial charge on any atom is -0.462 e. The van der Waals surface area contributed by atoms with Crippen molar-refractivity contribution in [3.63, 3.8) is 0 Å².